The third-order valence-electron chi connectivity index (χ3n) is 4.46. The Balaban J connectivity index is 1.77. The maximum Gasteiger partial charge on any atom is 0.243 e. The number of rotatable bonds is 6. The maximum atomic E-state index is 12.1. The van der Waals surface area contributed by atoms with Crippen LogP contribution in [0, 0.1) is 5.41 Å². The summed E-state index contributed by atoms with van der Waals surface area (Å²) in [6.07, 6.45) is 5.86. The van der Waals surface area contributed by atoms with E-state index in [0.29, 0.717) is 23.7 Å². The summed E-state index contributed by atoms with van der Waals surface area (Å²) >= 11 is 5.79. The number of nitrogens with two attached hydrogens (primary N) is 1. The second kappa shape index (κ2) is 8.31. The van der Waals surface area contributed by atoms with Gasteiger partial charge in [0.2, 0.25) is 11.8 Å². The van der Waals surface area contributed by atoms with E-state index in [1.54, 1.807) is 24.3 Å². The lowest BCUT2D eigenvalue weighted by Gasteiger charge is -2.35. The third kappa shape index (κ3) is 5.52. The average Bonchev–Trinajstić information content (AvgIpc) is 2.56. The summed E-state index contributed by atoms with van der Waals surface area (Å²) in [4.78, 5) is 24.0. The summed E-state index contributed by atoms with van der Waals surface area (Å²) in [5.74, 6) is -0.366. The number of anilines is 1. The van der Waals surface area contributed by atoms with Crippen molar-refractivity contribution in [3.05, 3.63) is 29.3 Å². The van der Waals surface area contributed by atoms with Gasteiger partial charge in [0.25, 0.3) is 0 Å². The van der Waals surface area contributed by atoms with Gasteiger partial charge in [0.05, 0.1) is 6.54 Å². The zero-order valence-electron chi connectivity index (χ0n) is 13.2. The molecule has 1 aromatic rings. The molecule has 0 spiro atoms. The lowest BCUT2D eigenvalue weighted by molar-refractivity contribution is -0.126. The van der Waals surface area contributed by atoms with E-state index in [-0.39, 0.29) is 23.8 Å². The van der Waals surface area contributed by atoms with Gasteiger partial charge < -0.3 is 16.4 Å². The fraction of sp³-hybridized carbons (Fsp3) is 0.529. The summed E-state index contributed by atoms with van der Waals surface area (Å²) in [6, 6.07) is 6.83. The van der Waals surface area contributed by atoms with Crippen LogP contribution >= 0.6 is 11.6 Å². The predicted octanol–water partition coefficient (Wildman–Crippen LogP) is 2.69. The minimum Gasteiger partial charge on any atom is -0.347 e. The van der Waals surface area contributed by atoms with Gasteiger partial charge in [-0.05, 0) is 49.1 Å². The minimum absolute atomic E-state index is 0.0396. The van der Waals surface area contributed by atoms with Gasteiger partial charge in [-0.15, -0.1) is 0 Å². The molecule has 5 nitrogen and oxygen atoms in total. The van der Waals surface area contributed by atoms with Gasteiger partial charge in [-0.3, -0.25) is 9.59 Å². The van der Waals surface area contributed by atoms with Gasteiger partial charge in [-0.25, -0.2) is 0 Å². The topological polar surface area (TPSA) is 84.2 Å². The highest BCUT2D eigenvalue weighted by Gasteiger charge is 2.32. The van der Waals surface area contributed by atoms with Crippen molar-refractivity contribution in [1.29, 1.82) is 0 Å². The van der Waals surface area contributed by atoms with Crippen molar-refractivity contribution in [3.63, 3.8) is 0 Å². The molecule has 126 valence electrons. The maximum absolute atomic E-state index is 12.1. The number of amides is 2. The number of nitrogens with one attached hydrogen (secondary N) is 2. The van der Waals surface area contributed by atoms with E-state index in [1.807, 2.05) is 0 Å². The van der Waals surface area contributed by atoms with E-state index in [2.05, 4.69) is 10.6 Å². The first kappa shape index (κ1) is 17.8. The van der Waals surface area contributed by atoms with Crippen LogP contribution in [0.15, 0.2) is 24.3 Å². The first-order valence-electron chi connectivity index (χ1n) is 8.05. The standard InChI is InChI=1S/C17H24ClN3O2/c18-13-4-6-14(7-5-13)21-16(23)11-20-15(22)10-17(12-19)8-2-1-3-9-17/h4-7H,1-3,8-12,19H2,(H,20,22)(H,21,23). The number of carbonyl (C=O) groups is 2. The van der Waals surface area contributed by atoms with Crippen molar-refractivity contribution in [3.8, 4) is 0 Å². The molecule has 1 aromatic carbocycles. The first-order chi connectivity index (χ1) is 11.0. The number of halogens is 1. The number of benzene rings is 1. The van der Waals surface area contributed by atoms with E-state index < -0.39 is 0 Å². The van der Waals surface area contributed by atoms with Gasteiger partial charge in [0.1, 0.15) is 0 Å². The van der Waals surface area contributed by atoms with Crippen LogP contribution in [0.1, 0.15) is 38.5 Å². The van der Waals surface area contributed by atoms with Gasteiger partial charge >= 0.3 is 0 Å². The molecule has 1 aliphatic carbocycles. The summed E-state index contributed by atoms with van der Waals surface area (Å²) in [6.45, 7) is 0.486. The molecular weight excluding hydrogens is 314 g/mol. The summed E-state index contributed by atoms with van der Waals surface area (Å²) in [7, 11) is 0. The van der Waals surface area contributed by atoms with Crippen LogP contribution in [0.3, 0.4) is 0 Å². The van der Waals surface area contributed by atoms with Crippen molar-refractivity contribution in [2.24, 2.45) is 11.1 Å². The summed E-state index contributed by atoms with van der Waals surface area (Å²) in [5.41, 5.74) is 6.45. The van der Waals surface area contributed by atoms with Crippen LogP contribution in [0.4, 0.5) is 5.69 Å². The molecule has 0 unspecified atom stereocenters. The summed E-state index contributed by atoms with van der Waals surface area (Å²) in [5, 5.41) is 6.01. The van der Waals surface area contributed by atoms with Gasteiger partial charge in [-0.2, -0.15) is 0 Å². The van der Waals surface area contributed by atoms with Crippen LogP contribution in [0.5, 0.6) is 0 Å². The molecule has 0 radical (unpaired) electrons. The molecule has 0 heterocycles. The second-order valence-electron chi connectivity index (χ2n) is 6.27. The van der Waals surface area contributed by atoms with Crippen LogP contribution in [-0.4, -0.2) is 24.9 Å². The van der Waals surface area contributed by atoms with E-state index in [1.165, 1.54) is 6.42 Å². The number of hydrogen-bond acceptors (Lipinski definition) is 3. The molecule has 1 aliphatic rings. The lowest BCUT2D eigenvalue weighted by atomic mass is 9.71. The molecule has 23 heavy (non-hydrogen) atoms. The SMILES string of the molecule is NCC1(CC(=O)NCC(=O)Nc2ccc(Cl)cc2)CCCCC1. The van der Waals surface area contributed by atoms with Crippen molar-refractivity contribution < 1.29 is 9.59 Å². The first-order valence-corrected chi connectivity index (χ1v) is 8.43. The largest absolute Gasteiger partial charge is 0.347 e. The Morgan fingerprint density at radius 2 is 1.74 bits per heavy atom. The molecule has 0 aliphatic heterocycles. The van der Waals surface area contributed by atoms with Gasteiger partial charge in [0.15, 0.2) is 0 Å². The molecule has 1 fully saturated rings. The zero-order chi connectivity index (χ0) is 16.7. The van der Waals surface area contributed by atoms with Crippen LogP contribution in [0.2, 0.25) is 5.02 Å². The van der Waals surface area contributed by atoms with Crippen molar-refractivity contribution >= 4 is 29.1 Å². The Morgan fingerprint density at radius 1 is 1.09 bits per heavy atom. The third-order valence-corrected chi connectivity index (χ3v) is 4.71. The zero-order valence-corrected chi connectivity index (χ0v) is 14.0. The molecule has 0 aromatic heterocycles. The Kier molecular flexibility index (Phi) is 6.42. The molecule has 0 saturated heterocycles. The average molecular weight is 338 g/mol. The van der Waals surface area contributed by atoms with E-state index in [4.69, 9.17) is 17.3 Å². The van der Waals surface area contributed by atoms with E-state index >= 15 is 0 Å². The Morgan fingerprint density at radius 3 is 2.35 bits per heavy atom. The molecule has 4 N–H and O–H groups in total. The second-order valence-corrected chi connectivity index (χ2v) is 6.71. The highest BCUT2D eigenvalue weighted by atomic mass is 35.5. The number of hydrogen-bond donors (Lipinski definition) is 3. The quantitative estimate of drug-likeness (QED) is 0.746. The monoisotopic (exact) mass is 337 g/mol. The normalized spacial score (nSPS) is 16.6. The Hall–Kier alpha value is -1.59. The highest BCUT2D eigenvalue weighted by Crippen LogP contribution is 2.38. The Labute approximate surface area is 142 Å². The Bertz CT molecular complexity index is 539. The van der Waals surface area contributed by atoms with Crippen LogP contribution in [0.25, 0.3) is 0 Å². The molecule has 2 amide bonds. The highest BCUT2D eigenvalue weighted by molar-refractivity contribution is 6.30. The molecule has 0 bridgehead atoms. The molecule has 6 heteroatoms. The number of carbonyl (C=O) groups excluding carboxylic acids is 2. The fourth-order valence-corrected chi connectivity index (χ4v) is 3.20. The van der Waals surface area contributed by atoms with Crippen molar-refractivity contribution in [2.45, 2.75) is 38.5 Å². The van der Waals surface area contributed by atoms with Crippen LogP contribution < -0.4 is 16.4 Å². The lowest BCUT2D eigenvalue weighted by Crippen LogP contribution is -2.40. The predicted molar refractivity (Wildman–Crippen MR) is 92.3 cm³/mol. The molecule has 1 saturated carbocycles. The van der Waals surface area contributed by atoms with Crippen molar-refractivity contribution in [1.82, 2.24) is 5.32 Å². The van der Waals surface area contributed by atoms with Crippen LogP contribution in [-0.2, 0) is 9.59 Å². The van der Waals surface area contributed by atoms with Gasteiger partial charge in [0, 0.05) is 17.1 Å². The van der Waals surface area contributed by atoms with Crippen molar-refractivity contribution in [2.75, 3.05) is 18.4 Å². The fourth-order valence-electron chi connectivity index (χ4n) is 3.08. The molecule has 2 rings (SSSR count). The van der Waals surface area contributed by atoms with Gasteiger partial charge in [-0.1, -0.05) is 30.9 Å². The smallest absolute Gasteiger partial charge is 0.243 e. The summed E-state index contributed by atoms with van der Waals surface area (Å²) < 4.78 is 0. The minimum atomic E-state index is -0.258. The molecule has 0 atom stereocenters. The van der Waals surface area contributed by atoms with E-state index in [0.717, 1.165) is 25.7 Å². The molecular formula is C17H24ClN3O2. The van der Waals surface area contributed by atoms with E-state index in [9.17, 15) is 9.59 Å².